The van der Waals surface area contributed by atoms with Crippen LogP contribution in [0.3, 0.4) is 0 Å². The first-order chi connectivity index (χ1) is 8.49. The molecule has 0 radical (unpaired) electrons. The lowest BCUT2D eigenvalue weighted by atomic mass is 9.99. The molecule has 0 aliphatic heterocycles. The number of halogens is 2. The fourth-order valence-electron chi connectivity index (χ4n) is 1.94. The molecule has 0 unspecified atom stereocenters. The Labute approximate surface area is 104 Å². The van der Waals surface area contributed by atoms with Crippen LogP contribution in [0.25, 0.3) is 11.4 Å². The minimum atomic E-state index is -2.47. The summed E-state index contributed by atoms with van der Waals surface area (Å²) in [7, 11) is 0. The van der Waals surface area contributed by atoms with Crippen molar-refractivity contribution in [2.75, 3.05) is 5.73 Å². The van der Waals surface area contributed by atoms with Crippen LogP contribution in [0, 0.1) is 13.8 Å². The van der Waals surface area contributed by atoms with Crippen LogP contribution >= 0.6 is 0 Å². The van der Waals surface area contributed by atoms with Crippen LogP contribution in [-0.4, -0.2) is 9.97 Å². The molecule has 0 saturated carbocycles. The molecule has 0 saturated heterocycles. The van der Waals surface area contributed by atoms with E-state index in [4.69, 9.17) is 5.73 Å². The average molecular weight is 249 g/mol. The van der Waals surface area contributed by atoms with E-state index in [9.17, 15) is 8.78 Å². The maximum absolute atomic E-state index is 12.8. The van der Waals surface area contributed by atoms with Crippen molar-refractivity contribution >= 4 is 5.69 Å². The van der Waals surface area contributed by atoms with Crippen LogP contribution < -0.4 is 5.73 Å². The molecule has 2 N–H and O–H groups in total. The smallest absolute Gasteiger partial charge is 0.264 e. The molecule has 5 heteroatoms. The van der Waals surface area contributed by atoms with Crippen molar-refractivity contribution in [2.24, 2.45) is 0 Å². The number of aryl methyl sites for hydroxylation is 2. The third-order valence-corrected chi connectivity index (χ3v) is 2.74. The number of nitrogens with two attached hydrogens (primary N) is 1. The summed E-state index contributed by atoms with van der Waals surface area (Å²) in [4.78, 5) is 8.16. The molecule has 1 aromatic heterocycles. The lowest BCUT2D eigenvalue weighted by molar-refractivity contribution is 0.150. The molecule has 0 bridgehead atoms. The molecule has 0 fully saturated rings. The van der Waals surface area contributed by atoms with Gasteiger partial charge in [0.25, 0.3) is 6.43 Å². The standard InChI is InChI=1S/C13H13F2N3/c1-7-3-9(4-8(2)11(7)12(14)15)13-17-5-10(16)6-18-13/h3-6,12H,16H2,1-2H3. The van der Waals surface area contributed by atoms with E-state index in [1.807, 2.05) is 0 Å². The van der Waals surface area contributed by atoms with Gasteiger partial charge in [0.05, 0.1) is 18.1 Å². The van der Waals surface area contributed by atoms with Crippen LogP contribution in [0.15, 0.2) is 24.5 Å². The zero-order chi connectivity index (χ0) is 13.3. The van der Waals surface area contributed by atoms with Gasteiger partial charge in [-0.1, -0.05) is 0 Å². The largest absolute Gasteiger partial charge is 0.396 e. The van der Waals surface area contributed by atoms with Crippen molar-refractivity contribution in [1.29, 1.82) is 0 Å². The lowest BCUT2D eigenvalue weighted by Crippen LogP contribution is -1.98. The number of alkyl halides is 2. The third-order valence-electron chi connectivity index (χ3n) is 2.74. The Hall–Kier alpha value is -2.04. The first-order valence-corrected chi connectivity index (χ1v) is 5.46. The van der Waals surface area contributed by atoms with Crippen molar-refractivity contribution in [2.45, 2.75) is 20.3 Å². The van der Waals surface area contributed by atoms with Gasteiger partial charge in [-0.25, -0.2) is 18.7 Å². The highest BCUT2D eigenvalue weighted by Crippen LogP contribution is 2.29. The molecule has 0 spiro atoms. The average Bonchev–Trinajstić information content (AvgIpc) is 2.28. The monoisotopic (exact) mass is 249 g/mol. The summed E-state index contributed by atoms with van der Waals surface area (Å²) in [5, 5.41) is 0. The molecular formula is C13H13F2N3. The number of aromatic nitrogens is 2. The number of rotatable bonds is 2. The van der Waals surface area contributed by atoms with Crippen LogP contribution in [-0.2, 0) is 0 Å². The number of anilines is 1. The van der Waals surface area contributed by atoms with Gasteiger partial charge in [-0.2, -0.15) is 0 Å². The number of nitrogen functional groups attached to an aromatic ring is 1. The second kappa shape index (κ2) is 4.68. The van der Waals surface area contributed by atoms with Gasteiger partial charge in [-0.3, -0.25) is 0 Å². The van der Waals surface area contributed by atoms with Gasteiger partial charge >= 0.3 is 0 Å². The van der Waals surface area contributed by atoms with E-state index in [-0.39, 0.29) is 5.56 Å². The molecule has 2 rings (SSSR count). The van der Waals surface area contributed by atoms with Crippen molar-refractivity contribution in [3.8, 4) is 11.4 Å². The maximum Gasteiger partial charge on any atom is 0.264 e. The predicted molar refractivity (Wildman–Crippen MR) is 66.3 cm³/mol. The summed E-state index contributed by atoms with van der Waals surface area (Å²) in [5.74, 6) is 0.483. The first kappa shape index (κ1) is 12.4. The quantitative estimate of drug-likeness (QED) is 0.888. The molecule has 0 aliphatic carbocycles. The van der Waals surface area contributed by atoms with E-state index in [1.54, 1.807) is 26.0 Å². The van der Waals surface area contributed by atoms with Crippen molar-refractivity contribution in [3.05, 3.63) is 41.2 Å². The SMILES string of the molecule is Cc1cc(-c2ncc(N)cn2)cc(C)c1C(F)F. The fourth-order valence-corrected chi connectivity index (χ4v) is 1.94. The topological polar surface area (TPSA) is 51.8 Å². The van der Waals surface area contributed by atoms with Gasteiger partial charge in [0, 0.05) is 11.1 Å². The highest BCUT2D eigenvalue weighted by molar-refractivity contribution is 5.60. The maximum atomic E-state index is 12.8. The normalized spacial score (nSPS) is 10.9. The Morgan fingerprint density at radius 2 is 1.56 bits per heavy atom. The highest BCUT2D eigenvalue weighted by atomic mass is 19.3. The molecule has 3 nitrogen and oxygen atoms in total. The third kappa shape index (κ3) is 2.30. The second-order valence-corrected chi connectivity index (χ2v) is 4.16. The van der Waals surface area contributed by atoms with E-state index >= 15 is 0 Å². The van der Waals surface area contributed by atoms with Crippen molar-refractivity contribution in [1.82, 2.24) is 9.97 Å². The predicted octanol–water partition coefficient (Wildman–Crippen LogP) is 3.28. The van der Waals surface area contributed by atoms with Crippen LogP contribution in [0.4, 0.5) is 14.5 Å². The Balaban J connectivity index is 2.51. The molecular weight excluding hydrogens is 236 g/mol. The summed E-state index contributed by atoms with van der Waals surface area (Å²) < 4.78 is 25.7. The van der Waals surface area contributed by atoms with Crippen LogP contribution in [0.2, 0.25) is 0 Å². The summed E-state index contributed by atoms with van der Waals surface area (Å²) in [5.41, 5.74) is 7.85. The zero-order valence-electron chi connectivity index (χ0n) is 10.1. The first-order valence-electron chi connectivity index (χ1n) is 5.46. The number of nitrogens with zero attached hydrogens (tertiary/aromatic N) is 2. The fraction of sp³-hybridized carbons (Fsp3) is 0.231. The molecule has 1 aromatic carbocycles. The second-order valence-electron chi connectivity index (χ2n) is 4.16. The summed E-state index contributed by atoms with van der Waals surface area (Å²) in [6.07, 6.45) is 0.522. The minimum Gasteiger partial charge on any atom is -0.396 e. The molecule has 0 atom stereocenters. The van der Waals surface area contributed by atoms with Gasteiger partial charge < -0.3 is 5.73 Å². The number of hydrogen-bond acceptors (Lipinski definition) is 3. The van der Waals surface area contributed by atoms with Crippen molar-refractivity contribution < 1.29 is 8.78 Å². The van der Waals surface area contributed by atoms with E-state index in [2.05, 4.69) is 9.97 Å². The van der Waals surface area contributed by atoms with Gasteiger partial charge in [0.15, 0.2) is 5.82 Å². The Morgan fingerprint density at radius 3 is 2.00 bits per heavy atom. The number of benzene rings is 1. The van der Waals surface area contributed by atoms with Crippen molar-refractivity contribution in [3.63, 3.8) is 0 Å². The summed E-state index contributed by atoms with van der Waals surface area (Å²) in [6.45, 7) is 3.32. The molecule has 18 heavy (non-hydrogen) atoms. The summed E-state index contributed by atoms with van der Waals surface area (Å²) >= 11 is 0. The lowest BCUT2D eigenvalue weighted by Gasteiger charge is -2.11. The van der Waals surface area contributed by atoms with E-state index < -0.39 is 6.43 Å². The minimum absolute atomic E-state index is 0.0780. The summed E-state index contributed by atoms with van der Waals surface area (Å²) in [6, 6.07) is 3.33. The molecule has 1 heterocycles. The van der Waals surface area contributed by atoms with E-state index in [1.165, 1.54) is 12.4 Å². The van der Waals surface area contributed by atoms with Gasteiger partial charge in [-0.15, -0.1) is 0 Å². The van der Waals surface area contributed by atoms with Crippen LogP contribution in [0.5, 0.6) is 0 Å². The Morgan fingerprint density at radius 1 is 1.06 bits per heavy atom. The van der Waals surface area contributed by atoms with E-state index in [0.29, 0.717) is 22.6 Å². The van der Waals surface area contributed by atoms with Gasteiger partial charge in [0.1, 0.15) is 0 Å². The molecule has 0 amide bonds. The molecule has 2 aromatic rings. The zero-order valence-corrected chi connectivity index (χ0v) is 10.1. The van der Waals surface area contributed by atoms with Crippen LogP contribution in [0.1, 0.15) is 23.1 Å². The molecule has 0 aliphatic rings. The van der Waals surface area contributed by atoms with Gasteiger partial charge in [0.2, 0.25) is 0 Å². The highest BCUT2D eigenvalue weighted by Gasteiger charge is 2.15. The van der Waals surface area contributed by atoms with Gasteiger partial charge in [-0.05, 0) is 37.1 Å². The Bertz CT molecular complexity index is 542. The van der Waals surface area contributed by atoms with E-state index in [0.717, 1.165) is 5.56 Å². The molecule has 94 valence electrons. The number of hydrogen-bond donors (Lipinski definition) is 1. The Kier molecular flexibility index (Phi) is 3.23.